The van der Waals surface area contributed by atoms with Crippen molar-refractivity contribution in [3.63, 3.8) is 0 Å². The highest BCUT2D eigenvalue weighted by atomic mass is 32.2. The Kier molecular flexibility index (Phi) is 3.92. The van der Waals surface area contributed by atoms with Gasteiger partial charge in [-0.2, -0.15) is 4.31 Å². The van der Waals surface area contributed by atoms with Crippen molar-refractivity contribution >= 4 is 16.0 Å². The van der Waals surface area contributed by atoms with Gasteiger partial charge in [-0.25, -0.2) is 8.42 Å². The lowest BCUT2D eigenvalue weighted by molar-refractivity contribution is -0.136. The smallest absolute Gasteiger partial charge is 0.323 e. The molecular formula is C9H18N2O4S. The monoisotopic (exact) mass is 250 g/mol. The van der Waals surface area contributed by atoms with Gasteiger partial charge in [0, 0.05) is 19.1 Å². The molecule has 0 aromatic carbocycles. The number of rotatable bonds is 3. The van der Waals surface area contributed by atoms with Crippen molar-refractivity contribution in [3.8, 4) is 0 Å². The predicted octanol–water partition coefficient (Wildman–Crippen LogP) is -0.542. The first-order valence-corrected chi connectivity index (χ1v) is 6.72. The van der Waals surface area contributed by atoms with Crippen LogP contribution in [0.2, 0.25) is 0 Å². The molecule has 1 aliphatic heterocycles. The molecule has 3 unspecified atom stereocenters. The van der Waals surface area contributed by atoms with Crippen LogP contribution in [0.5, 0.6) is 0 Å². The van der Waals surface area contributed by atoms with Crippen LogP contribution in [0.3, 0.4) is 0 Å². The second kappa shape index (κ2) is 4.68. The van der Waals surface area contributed by atoms with E-state index in [0.29, 0.717) is 6.54 Å². The number of nitrogens with two attached hydrogens (primary N) is 1. The van der Waals surface area contributed by atoms with Crippen LogP contribution in [-0.2, 0) is 14.8 Å². The van der Waals surface area contributed by atoms with Gasteiger partial charge < -0.3 is 10.8 Å². The molecule has 0 amide bonds. The molecule has 0 spiro atoms. The molecule has 1 aliphatic rings. The molecule has 1 fully saturated rings. The molecule has 16 heavy (non-hydrogen) atoms. The topological polar surface area (TPSA) is 101 Å². The van der Waals surface area contributed by atoms with Crippen molar-refractivity contribution in [2.45, 2.75) is 31.6 Å². The van der Waals surface area contributed by atoms with E-state index in [9.17, 15) is 13.2 Å². The fourth-order valence-electron chi connectivity index (χ4n) is 1.91. The van der Waals surface area contributed by atoms with Crippen LogP contribution in [0.1, 0.15) is 20.3 Å². The zero-order chi connectivity index (χ0) is 12.5. The third-order valence-corrected chi connectivity index (χ3v) is 4.93. The van der Waals surface area contributed by atoms with Gasteiger partial charge in [-0.05, 0) is 19.3 Å². The number of sulfonamides is 1. The average molecular weight is 250 g/mol. The summed E-state index contributed by atoms with van der Waals surface area (Å²) in [6.07, 6.45) is 0.771. The van der Waals surface area contributed by atoms with Crippen LogP contribution in [0.4, 0.5) is 0 Å². The Morgan fingerprint density at radius 1 is 1.50 bits per heavy atom. The van der Waals surface area contributed by atoms with Crippen molar-refractivity contribution in [2.75, 3.05) is 13.1 Å². The van der Waals surface area contributed by atoms with Crippen molar-refractivity contribution in [3.05, 3.63) is 0 Å². The maximum Gasteiger partial charge on any atom is 0.323 e. The Bertz CT molecular complexity index is 358. The fourth-order valence-corrected chi connectivity index (χ4v) is 3.47. The number of carbonyl (C=O) groups is 1. The molecule has 0 radical (unpaired) electrons. The summed E-state index contributed by atoms with van der Waals surface area (Å²) in [6, 6.07) is -0.209. The minimum absolute atomic E-state index is 0.166. The molecule has 3 atom stereocenters. The molecule has 94 valence electrons. The van der Waals surface area contributed by atoms with Gasteiger partial charge in [0.15, 0.2) is 5.25 Å². The summed E-state index contributed by atoms with van der Waals surface area (Å²) in [5.74, 6) is -1.16. The van der Waals surface area contributed by atoms with Crippen LogP contribution >= 0.6 is 0 Å². The van der Waals surface area contributed by atoms with Crippen LogP contribution in [-0.4, -0.2) is 48.2 Å². The van der Waals surface area contributed by atoms with Gasteiger partial charge in [-0.15, -0.1) is 0 Å². The summed E-state index contributed by atoms with van der Waals surface area (Å²) in [5, 5.41) is 7.33. The number of hydrogen-bond donors (Lipinski definition) is 2. The lowest BCUT2D eigenvalue weighted by atomic mass is 9.99. The van der Waals surface area contributed by atoms with Gasteiger partial charge >= 0.3 is 5.97 Å². The Balaban J connectivity index is 2.87. The molecular weight excluding hydrogens is 232 g/mol. The molecule has 1 rings (SSSR count). The Morgan fingerprint density at radius 2 is 2.06 bits per heavy atom. The van der Waals surface area contributed by atoms with Gasteiger partial charge in [-0.3, -0.25) is 4.79 Å². The van der Waals surface area contributed by atoms with Gasteiger partial charge in [0.05, 0.1) is 0 Å². The number of piperidine rings is 1. The first-order chi connectivity index (χ1) is 7.25. The van der Waals surface area contributed by atoms with Crippen molar-refractivity contribution in [1.82, 2.24) is 4.31 Å². The van der Waals surface area contributed by atoms with E-state index in [2.05, 4.69) is 0 Å². The second-order valence-electron chi connectivity index (χ2n) is 4.44. The number of carboxylic acid groups (broad SMARTS) is 1. The first-order valence-electron chi connectivity index (χ1n) is 5.22. The van der Waals surface area contributed by atoms with Crippen LogP contribution < -0.4 is 5.73 Å². The molecule has 3 N–H and O–H groups in total. The lowest BCUT2D eigenvalue weighted by Gasteiger charge is -2.34. The maximum absolute atomic E-state index is 11.9. The molecule has 1 heterocycles. The molecule has 0 saturated carbocycles. The van der Waals surface area contributed by atoms with E-state index >= 15 is 0 Å². The van der Waals surface area contributed by atoms with E-state index in [-0.39, 0.29) is 18.5 Å². The SMILES string of the molecule is CC1CC(N)CN(S(=O)(=O)C(C)C(=O)O)C1. The quantitative estimate of drug-likeness (QED) is 0.700. The standard InChI is InChI=1S/C9H18N2O4S/c1-6-3-8(10)5-11(4-6)16(14,15)7(2)9(12)13/h6-8H,3-5,10H2,1-2H3,(H,12,13). The second-order valence-corrected chi connectivity index (χ2v) is 6.70. The van der Waals surface area contributed by atoms with Gasteiger partial charge in [0.2, 0.25) is 10.0 Å². The van der Waals surface area contributed by atoms with Gasteiger partial charge in [-0.1, -0.05) is 6.92 Å². The van der Waals surface area contributed by atoms with Gasteiger partial charge in [0.25, 0.3) is 0 Å². The minimum Gasteiger partial charge on any atom is -0.480 e. The summed E-state index contributed by atoms with van der Waals surface area (Å²) in [7, 11) is -3.77. The maximum atomic E-state index is 11.9. The number of aliphatic carboxylic acids is 1. The van der Waals surface area contributed by atoms with Crippen LogP contribution in [0.25, 0.3) is 0 Å². The Labute approximate surface area is 95.5 Å². The third-order valence-electron chi connectivity index (χ3n) is 2.81. The third kappa shape index (κ3) is 2.72. The van der Waals surface area contributed by atoms with Crippen molar-refractivity contribution < 1.29 is 18.3 Å². The van der Waals surface area contributed by atoms with E-state index in [0.717, 1.165) is 6.42 Å². The summed E-state index contributed by atoms with van der Waals surface area (Å²) in [4.78, 5) is 10.7. The highest BCUT2D eigenvalue weighted by molar-refractivity contribution is 7.90. The predicted molar refractivity (Wildman–Crippen MR) is 59.3 cm³/mol. The van der Waals surface area contributed by atoms with Crippen LogP contribution in [0, 0.1) is 5.92 Å². The molecule has 6 nitrogen and oxygen atoms in total. The summed E-state index contributed by atoms with van der Waals surface area (Å²) in [5.41, 5.74) is 5.73. The van der Waals surface area contributed by atoms with Gasteiger partial charge in [0.1, 0.15) is 0 Å². The number of hydrogen-bond acceptors (Lipinski definition) is 4. The first kappa shape index (κ1) is 13.4. The average Bonchev–Trinajstić information content (AvgIpc) is 2.14. The highest BCUT2D eigenvalue weighted by Crippen LogP contribution is 2.20. The van der Waals surface area contributed by atoms with E-state index in [1.807, 2.05) is 6.92 Å². The van der Waals surface area contributed by atoms with Crippen LogP contribution in [0.15, 0.2) is 0 Å². The summed E-state index contributed by atoms with van der Waals surface area (Å²) >= 11 is 0. The zero-order valence-electron chi connectivity index (χ0n) is 9.46. The number of carboxylic acids is 1. The largest absolute Gasteiger partial charge is 0.480 e. The fraction of sp³-hybridized carbons (Fsp3) is 0.889. The minimum atomic E-state index is -3.77. The van der Waals surface area contributed by atoms with E-state index in [1.165, 1.54) is 11.2 Å². The highest BCUT2D eigenvalue weighted by Gasteiger charge is 2.37. The molecule has 0 aromatic rings. The number of nitrogens with zero attached hydrogens (tertiary/aromatic N) is 1. The molecule has 0 aliphatic carbocycles. The van der Waals surface area contributed by atoms with E-state index < -0.39 is 21.2 Å². The van der Waals surface area contributed by atoms with E-state index in [4.69, 9.17) is 10.8 Å². The molecule has 1 saturated heterocycles. The van der Waals surface area contributed by atoms with E-state index in [1.54, 1.807) is 0 Å². The zero-order valence-corrected chi connectivity index (χ0v) is 10.3. The molecule has 7 heteroatoms. The Hall–Kier alpha value is -0.660. The summed E-state index contributed by atoms with van der Waals surface area (Å²) in [6.45, 7) is 3.66. The van der Waals surface area contributed by atoms with Crippen molar-refractivity contribution in [1.29, 1.82) is 0 Å². The Morgan fingerprint density at radius 3 is 2.50 bits per heavy atom. The summed E-state index contributed by atoms with van der Waals surface area (Å²) < 4.78 is 25.0. The van der Waals surface area contributed by atoms with Crippen molar-refractivity contribution in [2.24, 2.45) is 11.7 Å². The lowest BCUT2D eigenvalue weighted by Crippen LogP contribution is -2.52. The normalized spacial score (nSPS) is 29.9. The molecule has 0 aromatic heterocycles. The molecule has 0 bridgehead atoms.